The third-order valence-electron chi connectivity index (χ3n) is 1.56. The van der Waals surface area contributed by atoms with Gasteiger partial charge < -0.3 is 5.11 Å². The smallest absolute Gasteiger partial charge is 0.0771 e. The lowest BCUT2D eigenvalue weighted by Gasteiger charge is -1.91. The van der Waals surface area contributed by atoms with Crippen LogP contribution in [0.3, 0.4) is 0 Å². The number of thiophene rings is 1. The maximum absolute atomic E-state index is 8.56. The van der Waals surface area contributed by atoms with Crippen molar-refractivity contribution in [3.63, 3.8) is 0 Å². The molecule has 0 spiro atoms. The molecule has 1 nitrogen and oxygen atoms in total. The zero-order chi connectivity index (χ0) is 10.2. The summed E-state index contributed by atoms with van der Waals surface area (Å²) in [6.45, 7) is 2.32. The van der Waals surface area contributed by atoms with E-state index in [9.17, 15) is 0 Å². The van der Waals surface area contributed by atoms with Gasteiger partial charge in [0, 0.05) is 17.1 Å². The zero-order valence-electron chi connectivity index (χ0n) is 8.25. The van der Waals surface area contributed by atoms with Gasteiger partial charge in [-0.05, 0) is 17.9 Å². The van der Waals surface area contributed by atoms with Crippen molar-refractivity contribution in [2.75, 3.05) is 12.4 Å². The van der Waals surface area contributed by atoms with Gasteiger partial charge in [-0.2, -0.15) is 11.8 Å². The Morgan fingerprint density at radius 2 is 2.36 bits per heavy atom. The minimum atomic E-state index is 0.150. The molecule has 0 saturated carbocycles. The Labute approximate surface area is 93.5 Å². The highest BCUT2D eigenvalue weighted by Crippen LogP contribution is 2.20. The number of aliphatic hydroxyl groups excluding tert-OH is 1. The van der Waals surface area contributed by atoms with E-state index in [-0.39, 0.29) is 6.61 Å². The van der Waals surface area contributed by atoms with Gasteiger partial charge in [0.25, 0.3) is 0 Å². The van der Waals surface area contributed by atoms with E-state index in [4.69, 9.17) is 5.11 Å². The van der Waals surface area contributed by atoms with Crippen molar-refractivity contribution in [1.29, 1.82) is 0 Å². The molecule has 0 atom stereocenters. The van der Waals surface area contributed by atoms with Gasteiger partial charge in [-0.25, -0.2) is 0 Å². The van der Waals surface area contributed by atoms with Crippen LogP contribution in [0.25, 0.3) is 0 Å². The molecule has 0 aromatic carbocycles. The van der Waals surface area contributed by atoms with Crippen molar-refractivity contribution in [2.24, 2.45) is 0 Å². The summed E-state index contributed by atoms with van der Waals surface area (Å²) in [5.41, 5.74) is 0. The van der Waals surface area contributed by atoms with E-state index in [1.165, 1.54) is 4.88 Å². The first-order chi connectivity index (χ1) is 6.86. The van der Waals surface area contributed by atoms with E-state index < -0.39 is 0 Å². The highest BCUT2D eigenvalue weighted by Gasteiger charge is 1.96. The van der Waals surface area contributed by atoms with Gasteiger partial charge in [0.05, 0.1) is 11.5 Å². The second kappa shape index (κ2) is 6.94. The van der Waals surface area contributed by atoms with Crippen molar-refractivity contribution >= 4 is 23.1 Å². The van der Waals surface area contributed by atoms with E-state index >= 15 is 0 Å². The molecule has 76 valence electrons. The Morgan fingerprint density at radius 3 is 3.07 bits per heavy atom. The summed E-state index contributed by atoms with van der Waals surface area (Å²) in [5, 5.41) is 8.56. The summed E-state index contributed by atoms with van der Waals surface area (Å²) in [6, 6.07) is 4.19. The van der Waals surface area contributed by atoms with Gasteiger partial charge in [0.1, 0.15) is 0 Å². The highest BCUT2D eigenvalue weighted by atomic mass is 32.2. The molecule has 3 heteroatoms. The van der Waals surface area contributed by atoms with Gasteiger partial charge in [-0.1, -0.05) is 18.8 Å². The van der Waals surface area contributed by atoms with E-state index in [1.807, 2.05) is 11.8 Å². The fourth-order valence-electron chi connectivity index (χ4n) is 0.931. The Bertz CT molecular complexity index is 320. The molecule has 0 radical (unpaired) electrons. The van der Waals surface area contributed by atoms with Gasteiger partial charge >= 0.3 is 0 Å². The molecular formula is C11H14OS2. The molecule has 0 aliphatic rings. The highest BCUT2D eigenvalue weighted by molar-refractivity contribution is 7.98. The molecule has 1 aromatic rings. The van der Waals surface area contributed by atoms with Crippen LogP contribution in [0, 0.1) is 11.8 Å². The molecule has 0 bridgehead atoms. The van der Waals surface area contributed by atoms with Crippen LogP contribution in [0.15, 0.2) is 12.1 Å². The first-order valence-corrected chi connectivity index (χ1v) is 6.60. The zero-order valence-corrected chi connectivity index (χ0v) is 9.88. The third kappa shape index (κ3) is 4.19. The molecule has 0 amide bonds. The largest absolute Gasteiger partial charge is 0.395 e. The van der Waals surface area contributed by atoms with Crippen molar-refractivity contribution in [3.8, 4) is 11.8 Å². The molecule has 0 unspecified atom stereocenters. The minimum absolute atomic E-state index is 0.150. The van der Waals surface area contributed by atoms with E-state index in [0.717, 1.165) is 16.4 Å². The lowest BCUT2D eigenvalue weighted by molar-refractivity contribution is 0.305. The number of thioether (sulfide) groups is 1. The molecule has 1 aromatic heterocycles. The average molecular weight is 226 g/mol. The standard InChI is InChI=1S/C11H14OS2/c1-2-13-9-11-7-6-10(14-11)5-3-4-8-12/h6-7,12H,2,4,8-9H2,1H3. The Kier molecular flexibility index (Phi) is 5.77. The summed E-state index contributed by atoms with van der Waals surface area (Å²) in [7, 11) is 0. The minimum Gasteiger partial charge on any atom is -0.395 e. The fraction of sp³-hybridized carbons (Fsp3) is 0.455. The quantitative estimate of drug-likeness (QED) is 0.797. The maximum atomic E-state index is 8.56. The second-order valence-electron chi connectivity index (χ2n) is 2.68. The van der Waals surface area contributed by atoms with Crippen LogP contribution in [-0.2, 0) is 5.75 Å². The van der Waals surface area contributed by atoms with Crippen LogP contribution in [0.4, 0.5) is 0 Å². The lowest BCUT2D eigenvalue weighted by Crippen LogP contribution is -1.75. The summed E-state index contributed by atoms with van der Waals surface area (Å²) >= 11 is 3.67. The number of hydrogen-bond donors (Lipinski definition) is 1. The molecule has 0 aliphatic heterocycles. The predicted octanol–water partition coefficient (Wildman–Crippen LogP) is 2.74. The van der Waals surface area contributed by atoms with Crippen molar-refractivity contribution in [3.05, 3.63) is 21.9 Å². The van der Waals surface area contributed by atoms with Crippen molar-refractivity contribution in [1.82, 2.24) is 0 Å². The van der Waals surface area contributed by atoms with Crippen LogP contribution in [0.5, 0.6) is 0 Å². The van der Waals surface area contributed by atoms with E-state index in [0.29, 0.717) is 6.42 Å². The van der Waals surface area contributed by atoms with Crippen LogP contribution in [0.2, 0.25) is 0 Å². The fourth-order valence-corrected chi connectivity index (χ4v) is 2.60. The van der Waals surface area contributed by atoms with Gasteiger partial charge in [0.2, 0.25) is 0 Å². The number of rotatable bonds is 4. The van der Waals surface area contributed by atoms with Crippen LogP contribution in [0.1, 0.15) is 23.1 Å². The molecule has 0 fully saturated rings. The molecule has 0 saturated heterocycles. The van der Waals surface area contributed by atoms with Crippen molar-refractivity contribution in [2.45, 2.75) is 19.1 Å². The normalized spacial score (nSPS) is 9.57. The van der Waals surface area contributed by atoms with Crippen molar-refractivity contribution < 1.29 is 5.11 Å². The Hall–Kier alpha value is -0.430. The number of hydrogen-bond acceptors (Lipinski definition) is 3. The molecule has 1 N–H and O–H groups in total. The van der Waals surface area contributed by atoms with E-state index in [1.54, 1.807) is 11.3 Å². The maximum Gasteiger partial charge on any atom is 0.0771 e. The Balaban J connectivity index is 2.47. The van der Waals surface area contributed by atoms with Crippen LogP contribution >= 0.6 is 23.1 Å². The number of aliphatic hydroxyl groups is 1. The monoisotopic (exact) mass is 226 g/mol. The molecule has 0 aliphatic carbocycles. The van der Waals surface area contributed by atoms with Gasteiger partial charge in [0.15, 0.2) is 0 Å². The van der Waals surface area contributed by atoms with E-state index in [2.05, 4.69) is 30.9 Å². The topological polar surface area (TPSA) is 20.2 Å². The summed E-state index contributed by atoms with van der Waals surface area (Å²) in [4.78, 5) is 2.48. The SMILES string of the molecule is CCSCc1ccc(C#CCCO)s1. The Morgan fingerprint density at radius 1 is 1.50 bits per heavy atom. The van der Waals surface area contributed by atoms with Gasteiger partial charge in [-0.15, -0.1) is 11.3 Å². The molecule has 14 heavy (non-hydrogen) atoms. The average Bonchev–Trinajstić information content (AvgIpc) is 2.63. The molecular weight excluding hydrogens is 212 g/mol. The summed E-state index contributed by atoms with van der Waals surface area (Å²) in [6.07, 6.45) is 0.566. The van der Waals surface area contributed by atoms with Crippen LogP contribution in [-0.4, -0.2) is 17.5 Å². The summed E-state index contributed by atoms with van der Waals surface area (Å²) in [5.74, 6) is 8.21. The second-order valence-corrected chi connectivity index (χ2v) is 5.12. The van der Waals surface area contributed by atoms with Gasteiger partial charge in [-0.3, -0.25) is 0 Å². The third-order valence-corrected chi connectivity index (χ3v) is 3.67. The first-order valence-electron chi connectivity index (χ1n) is 4.63. The lowest BCUT2D eigenvalue weighted by atomic mass is 10.4. The van der Waals surface area contributed by atoms with Crippen LogP contribution < -0.4 is 0 Å². The first kappa shape index (κ1) is 11.6. The predicted molar refractivity (Wildman–Crippen MR) is 64.7 cm³/mol. The molecule has 1 rings (SSSR count). The summed E-state index contributed by atoms with van der Waals surface area (Å²) < 4.78 is 0. The molecule has 1 heterocycles.